The van der Waals surface area contributed by atoms with Crippen LogP contribution in [-0.2, 0) is 6.54 Å². The molecule has 3 nitrogen and oxygen atoms in total. The largest absolute Gasteiger partial charge is 0.493 e. The fourth-order valence-electron chi connectivity index (χ4n) is 3.02. The number of nitrogens with one attached hydrogen (secondary N) is 1. The molecule has 1 aromatic rings. The standard InChI is InChI=1S/C18H29NO2/c1-3-21-18-13-15(11-12-17(18)20-2)14-19-16-9-7-5-4-6-8-10-16/h11-13,16,19H,3-10,14H2,1-2H3. The molecule has 0 bridgehead atoms. The first-order valence-electron chi connectivity index (χ1n) is 8.36. The molecule has 0 spiro atoms. The van der Waals surface area contributed by atoms with Crippen molar-refractivity contribution >= 4 is 0 Å². The van der Waals surface area contributed by atoms with E-state index in [1.165, 1.54) is 50.5 Å². The summed E-state index contributed by atoms with van der Waals surface area (Å²) in [6.07, 6.45) is 9.57. The molecule has 0 amide bonds. The predicted molar refractivity (Wildman–Crippen MR) is 87.1 cm³/mol. The first-order valence-corrected chi connectivity index (χ1v) is 8.36. The molecule has 1 saturated carbocycles. The SMILES string of the molecule is CCOc1cc(CNC2CCCCCCC2)ccc1OC. The smallest absolute Gasteiger partial charge is 0.161 e. The Morgan fingerprint density at radius 2 is 1.76 bits per heavy atom. The molecule has 118 valence electrons. The number of rotatable bonds is 6. The lowest BCUT2D eigenvalue weighted by Gasteiger charge is -2.21. The maximum absolute atomic E-state index is 5.64. The van der Waals surface area contributed by atoms with Crippen molar-refractivity contribution < 1.29 is 9.47 Å². The highest BCUT2D eigenvalue weighted by molar-refractivity contribution is 5.42. The maximum atomic E-state index is 5.64. The van der Waals surface area contributed by atoms with Crippen LogP contribution in [-0.4, -0.2) is 19.8 Å². The second kappa shape index (κ2) is 8.93. The van der Waals surface area contributed by atoms with Crippen LogP contribution in [0.15, 0.2) is 18.2 Å². The molecule has 1 fully saturated rings. The van der Waals surface area contributed by atoms with Crippen molar-refractivity contribution in [3.8, 4) is 11.5 Å². The van der Waals surface area contributed by atoms with Crippen molar-refractivity contribution in [3.63, 3.8) is 0 Å². The minimum absolute atomic E-state index is 0.663. The fourth-order valence-corrected chi connectivity index (χ4v) is 3.02. The van der Waals surface area contributed by atoms with Gasteiger partial charge in [-0.25, -0.2) is 0 Å². The van der Waals surface area contributed by atoms with Gasteiger partial charge in [-0.05, 0) is 37.5 Å². The van der Waals surface area contributed by atoms with E-state index in [4.69, 9.17) is 9.47 Å². The van der Waals surface area contributed by atoms with Crippen molar-refractivity contribution in [2.75, 3.05) is 13.7 Å². The van der Waals surface area contributed by atoms with Crippen LogP contribution in [0.5, 0.6) is 11.5 Å². The fraction of sp³-hybridized carbons (Fsp3) is 0.667. The van der Waals surface area contributed by atoms with Gasteiger partial charge in [0.15, 0.2) is 11.5 Å². The monoisotopic (exact) mass is 291 g/mol. The van der Waals surface area contributed by atoms with E-state index in [0.29, 0.717) is 12.6 Å². The van der Waals surface area contributed by atoms with Crippen LogP contribution >= 0.6 is 0 Å². The Balaban J connectivity index is 1.90. The van der Waals surface area contributed by atoms with Gasteiger partial charge >= 0.3 is 0 Å². The summed E-state index contributed by atoms with van der Waals surface area (Å²) in [5, 5.41) is 3.72. The van der Waals surface area contributed by atoms with Gasteiger partial charge in [-0.1, -0.05) is 38.2 Å². The molecule has 0 heterocycles. The van der Waals surface area contributed by atoms with E-state index in [2.05, 4.69) is 17.4 Å². The number of benzene rings is 1. The average molecular weight is 291 g/mol. The lowest BCUT2D eigenvalue weighted by Crippen LogP contribution is -2.29. The maximum Gasteiger partial charge on any atom is 0.161 e. The molecule has 0 unspecified atom stereocenters. The van der Waals surface area contributed by atoms with E-state index >= 15 is 0 Å². The van der Waals surface area contributed by atoms with Crippen LogP contribution in [0.1, 0.15) is 57.4 Å². The van der Waals surface area contributed by atoms with Crippen molar-refractivity contribution in [2.45, 2.75) is 64.5 Å². The minimum atomic E-state index is 0.663. The molecule has 0 aromatic heterocycles. The first-order chi connectivity index (χ1) is 10.3. The zero-order valence-electron chi connectivity index (χ0n) is 13.5. The highest BCUT2D eigenvalue weighted by atomic mass is 16.5. The molecule has 0 atom stereocenters. The van der Waals surface area contributed by atoms with Crippen LogP contribution in [0.3, 0.4) is 0 Å². The second-order valence-corrected chi connectivity index (χ2v) is 5.84. The van der Waals surface area contributed by atoms with Gasteiger partial charge in [0, 0.05) is 12.6 Å². The average Bonchev–Trinajstić information content (AvgIpc) is 2.47. The Kier molecular flexibility index (Phi) is 6.87. The van der Waals surface area contributed by atoms with Crippen molar-refractivity contribution in [1.82, 2.24) is 5.32 Å². The molecule has 3 heteroatoms. The molecule has 1 aromatic carbocycles. The minimum Gasteiger partial charge on any atom is -0.493 e. The van der Waals surface area contributed by atoms with Gasteiger partial charge in [-0.2, -0.15) is 0 Å². The highest BCUT2D eigenvalue weighted by Crippen LogP contribution is 2.28. The topological polar surface area (TPSA) is 30.5 Å². The molecule has 0 saturated heterocycles. The molecule has 1 N–H and O–H groups in total. The van der Waals surface area contributed by atoms with Gasteiger partial charge in [-0.3, -0.25) is 0 Å². The van der Waals surface area contributed by atoms with Crippen LogP contribution in [0.4, 0.5) is 0 Å². The Morgan fingerprint density at radius 3 is 2.43 bits per heavy atom. The molecular weight excluding hydrogens is 262 g/mol. The van der Waals surface area contributed by atoms with Crippen LogP contribution in [0, 0.1) is 0 Å². The number of methoxy groups -OCH3 is 1. The number of hydrogen-bond acceptors (Lipinski definition) is 3. The summed E-state index contributed by atoms with van der Waals surface area (Å²) in [6.45, 7) is 3.57. The van der Waals surface area contributed by atoms with E-state index in [9.17, 15) is 0 Å². The Bertz CT molecular complexity index is 412. The lowest BCUT2D eigenvalue weighted by atomic mass is 9.96. The van der Waals surface area contributed by atoms with Gasteiger partial charge in [0.2, 0.25) is 0 Å². The quantitative estimate of drug-likeness (QED) is 0.848. The Hall–Kier alpha value is -1.22. The van der Waals surface area contributed by atoms with E-state index in [-0.39, 0.29) is 0 Å². The van der Waals surface area contributed by atoms with Crippen molar-refractivity contribution in [1.29, 1.82) is 0 Å². The third-order valence-corrected chi connectivity index (χ3v) is 4.23. The Morgan fingerprint density at radius 1 is 1.05 bits per heavy atom. The molecule has 0 radical (unpaired) electrons. The normalized spacial score (nSPS) is 17.0. The Labute approximate surface area is 129 Å². The van der Waals surface area contributed by atoms with E-state index < -0.39 is 0 Å². The predicted octanol–water partition coefficient (Wildman–Crippen LogP) is 4.30. The summed E-state index contributed by atoms with van der Waals surface area (Å²) in [5.41, 5.74) is 1.27. The van der Waals surface area contributed by atoms with E-state index in [1.54, 1.807) is 7.11 Å². The second-order valence-electron chi connectivity index (χ2n) is 5.84. The summed E-state index contributed by atoms with van der Waals surface area (Å²) < 4.78 is 11.0. The molecule has 1 aliphatic rings. The zero-order chi connectivity index (χ0) is 14.9. The van der Waals surface area contributed by atoms with Crippen molar-refractivity contribution in [2.24, 2.45) is 0 Å². The van der Waals surface area contributed by atoms with Crippen molar-refractivity contribution in [3.05, 3.63) is 23.8 Å². The third-order valence-electron chi connectivity index (χ3n) is 4.23. The van der Waals surface area contributed by atoms with Crippen LogP contribution in [0.2, 0.25) is 0 Å². The van der Waals surface area contributed by atoms with Gasteiger partial charge in [0.1, 0.15) is 0 Å². The summed E-state index contributed by atoms with van der Waals surface area (Å²) in [7, 11) is 1.68. The third kappa shape index (κ3) is 5.24. The molecule has 2 rings (SSSR count). The number of ether oxygens (including phenoxy) is 2. The summed E-state index contributed by atoms with van der Waals surface area (Å²) in [4.78, 5) is 0. The highest BCUT2D eigenvalue weighted by Gasteiger charge is 2.11. The lowest BCUT2D eigenvalue weighted by molar-refractivity contribution is 0.310. The molecule has 21 heavy (non-hydrogen) atoms. The summed E-state index contributed by atoms with van der Waals surface area (Å²) in [6, 6.07) is 6.89. The van der Waals surface area contributed by atoms with E-state index in [0.717, 1.165) is 18.0 Å². The first kappa shape index (κ1) is 16.2. The van der Waals surface area contributed by atoms with E-state index in [1.807, 2.05) is 13.0 Å². The zero-order valence-corrected chi connectivity index (χ0v) is 13.5. The van der Waals surface area contributed by atoms with Gasteiger partial charge < -0.3 is 14.8 Å². The molecule has 0 aliphatic heterocycles. The summed E-state index contributed by atoms with van der Waals surface area (Å²) >= 11 is 0. The van der Waals surface area contributed by atoms with Gasteiger partial charge in [0.05, 0.1) is 13.7 Å². The van der Waals surface area contributed by atoms with Gasteiger partial charge in [-0.15, -0.1) is 0 Å². The van der Waals surface area contributed by atoms with Crippen LogP contribution in [0.25, 0.3) is 0 Å². The van der Waals surface area contributed by atoms with Crippen LogP contribution < -0.4 is 14.8 Å². The van der Waals surface area contributed by atoms with Gasteiger partial charge in [0.25, 0.3) is 0 Å². The molecular formula is C18H29NO2. The summed E-state index contributed by atoms with van der Waals surface area (Å²) in [5.74, 6) is 1.66. The number of hydrogen-bond donors (Lipinski definition) is 1. The molecule has 1 aliphatic carbocycles.